The number of nitrogens with one attached hydrogen (secondary N) is 1. The van der Waals surface area contributed by atoms with Crippen LogP contribution in [0.4, 0.5) is 0 Å². The second-order valence-electron chi connectivity index (χ2n) is 4.68. The Morgan fingerprint density at radius 1 is 1.41 bits per heavy atom. The van der Waals surface area contributed by atoms with Crippen molar-refractivity contribution >= 4 is 0 Å². The minimum Gasteiger partial charge on any atom is -0.508 e. The summed E-state index contributed by atoms with van der Waals surface area (Å²) in [6.45, 7) is 6.37. The molecule has 0 radical (unpaired) electrons. The van der Waals surface area contributed by atoms with E-state index in [1.54, 1.807) is 6.07 Å². The molecule has 1 aromatic carbocycles. The van der Waals surface area contributed by atoms with Crippen LogP contribution in [0.5, 0.6) is 5.75 Å². The zero-order valence-corrected chi connectivity index (χ0v) is 10.5. The summed E-state index contributed by atoms with van der Waals surface area (Å²) in [5, 5.41) is 13.1. The van der Waals surface area contributed by atoms with Gasteiger partial charge in [0.05, 0.1) is 0 Å². The van der Waals surface area contributed by atoms with Crippen LogP contribution < -0.4 is 5.32 Å². The fraction of sp³-hybridized carbons (Fsp3) is 0.571. The van der Waals surface area contributed by atoms with Crippen molar-refractivity contribution in [3.05, 3.63) is 29.8 Å². The van der Waals surface area contributed by atoms with E-state index in [1.165, 1.54) is 19.4 Å². The Hall–Kier alpha value is -1.06. The van der Waals surface area contributed by atoms with Crippen molar-refractivity contribution in [2.45, 2.75) is 32.4 Å². The highest BCUT2D eigenvalue weighted by Crippen LogP contribution is 2.17. The summed E-state index contributed by atoms with van der Waals surface area (Å²) in [6, 6.07) is 8.20. The van der Waals surface area contributed by atoms with E-state index in [0.717, 1.165) is 25.2 Å². The van der Waals surface area contributed by atoms with Crippen molar-refractivity contribution in [1.29, 1.82) is 0 Å². The molecule has 94 valence electrons. The number of phenols is 1. The molecule has 1 saturated heterocycles. The highest BCUT2D eigenvalue weighted by Gasteiger charge is 2.22. The number of likely N-dealkylation sites (N-methyl/N-ethyl adjacent to an activating group) is 1. The molecular weight excluding hydrogens is 212 g/mol. The predicted octanol–water partition coefficient (Wildman–Crippen LogP) is 1.97. The number of para-hydroxylation sites is 1. The Morgan fingerprint density at radius 3 is 3.00 bits per heavy atom. The normalized spacial score (nSPS) is 20.9. The first-order valence-electron chi connectivity index (χ1n) is 6.53. The number of rotatable bonds is 5. The maximum atomic E-state index is 9.65. The topological polar surface area (TPSA) is 35.5 Å². The summed E-state index contributed by atoms with van der Waals surface area (Å²) in [6.07, 6.45) is 2.61. The molecule has 0 amide bonds. The van der Waals surface area contributed by atoms with E-state index in [0.29, 0.717) is 11.8 Å². The molecule has 2 N–H and O–H groups in total. The van der Waals surface area contributed by atoms with Gasteiger partial charge in [0.2, 0.25) is 0 Å². The van der Waals surface area contributed by atoms with Crippen molar-refractivity contribution in [3.8, 4) is 5.75 Å². The second kappa shape index (κ2) is 6.03. The van der Waals surface area contributed by atoms with Crippen LogP contribution >= 0.6 is 0 Å². The molecule has 1 aliphatic rings. The van der Waals surface area contributed by atoms with Crippen molar-refractivity contribution in [1.82, 2.24) is 10.2 Å². The fourth-order valence-electron chi connectivity index (χ4n) is 2.58. The molecule has 1 atom stereocenters. The average molecular weight is 234 g/mol. The summed E-state index contributed by atoms with van der Waals surface area (Å²) >= 11 is 0. The molecule has 2 rings (SSSR count). The van der Waals surface area contributed by atoms with E-state index in [4.69, 9.17) is 0 Å². The van der Waals surface area contributed by atoms with Crippen molar-refractivity contribution < 1.29 is 5.11 Å². The minimum atomic E-state index is 0.388. The van der Waals surface area contributed by atoms with E-state index in [-0.39, 0.29) is 0 Å². The Bertz CT molecular complexity index is 354. The first-order valence-corrected chi connectivity index (χ1v) is 6.53. The lowest BCUT2D eigenvalue weighted by molar-refractivity contribution is 0.259. The number of benzene rings is 1. The van der Waals surface area contributed by atoms with E-state index in [2.05, 4.69) is 17.1 Å². The molecule has 0 bridgehead atoms. The number of phenolic OH excluding ortho intramolecular Hbond substituents is 1. The van der Waals surface area contributed by atoms with Gasteiger partial charge in [-0.1, -0.05) is 25.1 Å². The van der Waals surface area contributed by atoms with Gasteiger partial charge in [-0.25, -0.2) is 0 Å². The SMILES string of the molecule is CCN1CCCC1CNCc1ccccc1O. The lowest BCUT2D eigenvalue weighted by atomic mass is 10.2. The quantitative estimate of drug-likeness (QED) is 0.817. The molecule has 1 aromatic rings. The first-order chi connectivity index (χ1) is 8.31. The Morgan fingerprint density at radius 2 is 2.24 bits per heavy atom. The molecule has 0 aliphatic carbocycles. The van der Waals surface area contributed by atoms with Crippen molar-refractivity contribution in [2.75, 3.05) is 19.6 Å². The molecule has 17 heavy (non-hydrogen) atoms. The zero-order chi connectivity index (χ0) is 12.1. The Kier molecular flexibility index (Phi) is 4.40. The van der Waals surface area contributed by atoms with Gasteiger partial charge in [0, 0.05) is 24.7 Å². The maximum absolute atomic E-state index is 9.65. The van der Waals surface area contributed by atoms with Crippen LogP contribution in [0.25, 0.3) is 0 Å². The van der Waals surface area contributed by atoms with Crippen LogP contribution in [0.15, 0.2) is 24.3 Å². The van der Waals surface area contributed by atoms with Gasteiger partial charge in [-0.15, -0.1) is 0 Å². The largest absolute Gasteiger partial charge is 0.508 e. The third kappa shape index (κ3) is 3.20. The van der Waals surface area contributed by atoms with Gasteiger partial charge < -0.3 is 10.4 Å². The first kappa shape index (κ1) is 12.4. The second-order valence-corrected chi connectivity index (χ2v) is 4.68. The Balaban J connectivity index is 1.78. The number of nitrogens with zero attached hydrogens (tertiary/aromatic N) is 1. The summed E-state index contributed by atoms with van der Waals surface area (Å²) < 4.78 is 0. The standard InChI is InChI=1S/C14H22N2O/c1-2-16-9-5-7-13(16)11-15-10-12-6-3-4-8-14(12)17/h3-4,6,8,13,15,17H,2,5,7,9-11H2,1H3. The van der Waals surface area contributed by atoms with Crippen LogP contribution in [-0.2, 0) is 6.54 Å². The summed E-state index contributed by atoms with van der Waals surface area (Å²) in [7, 11) is 0. The van der Waals surface area contributed by atoms with Gasteiger partial charge in [0.25, 0.3) is 0 Å². The van der Waals surface area contributed by atoms with E-state index >= 15 is 0 Å². The fourth-order valence-corrected chi connectivity index (χ4v) is 2.58. The third-order valence-corrected chi connectivity index (χ3v) is 3.59. The van der Waals surface area contributed by atoms with Gasteiger partial charge in [-0.2, -0.15) is 0 Å². The monoisotopic (exact) mass is 234 g/mol. The molecule has 1 heterocycles. The molecule has 1 fully saturated rings. The smallest absolute Gasteiger partial charge is 0.120 e. The highest BCUT2D eigenvalue weighted by molar-refractivity contribution is 5.31. The van der Waals surface area contributed by atoms with Gasteiger partial charge in [-0.3, -0.25) is 4.90 Å². The average Bonchev–Trinajstić information content (AvgIpc) is 2.79. The van der Waals surface area contributed by atoms with E-state index < -0.39 is 0 Å². The molecule has 3 heteroatoms. The van der Waals surface area contributed by atoms with Gasteiger partial charge in [-0.05, 0) is 32.0 Å². The highest BCUT2D eigenvalue weighted by atomic mass is 16.3. The zero-order valence-electron chi connectivity index (χ0n) is 10.5. The summed E-state index contributed by atoms with van der Waals surface area (Å²) in [5.74, 6) is 0.388. The van der Waals surface area contributed by atoms with Gasteiger partial charge in [0.1, 0.15) is 5.75 Å². The Labute approximate surface area is 103 Å². The van der Waals surface area contributed by atoms with Crippen molar-refractivity contribution in [2.24, 2.45) is 0 Å². The van der Waals surface area contributed by atoms with Gasteiger partial charge in [0.15, 0.2) is 0 Å². The number of hydrogen-bond donors (Lipinski definition) is 2. The molecule has 1 unspecified atom stereocenters. The third-order valence-electron chi connectivity index (χ3n) is 3.59. The summed E-state index contributed by atoms with van der Waals surface area (Å²) in [4.78, 5) is 2.53. The number of likely N-dealkylation sites (tertiary alicyclic amines) is 1. The molecule has 3 nitrogen and oxygen atoms in total. The molecule has 1 aliphatic heterocycles. The number of hydrogen-bond acceptors (Lipinski definition) is 3. The van der Waals surface area contributed by atoms with E-state index in [1.807, 2.05) is 18.2 Å². The van der Waals surface area contributed by atoms with E-state index in [9.17, 15) is 5.11 Å². The van der Waals surface area contributed by atoms with Crippen LogP contribution in [0.3, 0.4) is 0 Å². The van der Waals surface area contributed by atoms with Crippen LogP contribution in [-0.4, -0.2) is 35.7 Å². The maximum Gasteiger partial charge on any atom is 0.120 e. The van der Waals surface area contributed by atoms with Crippen LogP contribution in [0.1, 0.15) is 25.3 Å². The molecule has 0 saturated carbocycles. The lowest BCUT2D eigenvalue weighted by Gasteiger charge is -2.23. The molecular formula is C14H22N2O. The molecule has 0 spiro atoms. The summed E-state index contributed by atoms with van der Waals surface area (Å²) in [5.41, 5.74) is 0.980. The number of aromatic hydroxyl groups is 1. The van der Waals surface area contributed by atoms with Crippen LogP contribution in [0.2, 0.25) is 0 Å². The van der Waals surface area contributed by atoms with Crippen molar-refractivity contribution in [3.63, 3.8) is 0 Å². The van der Waals surface area contributed by atoms with Crippen LogP contribution in [0, 0.1) is 0 Å². The minimum absolute atomic E-state index is 0.388. The lowest BCUT2D eigenvalue weighted by Crippen LogP contribution is -2.37. The predicted molar refractivity (Wildman–Crippen MR) is 70.1 cm³/mol. The molecule has 0 aromatic heterocycles. The van der Waals surface area contributed by atoms with Gasteiger partial charge >= 0.3 is 0 Å².